The second kappa shape index (κ2) is 8.71. The number of non-ortho nitro benzene ring substituents is 1. The zero-order valence-corrected chi connectivity index (χ0v) is 16.1. The Labute approximate surface area is 163 Å². The van der Waals surface area contributed by atoms with Crippen LogP contribution >= 0.6 is 0 Å². The molecule has 2 aromatic rings. The molecule has 0 atom stereocenters. The van der Waals surface area contributed by atoms with E-state index in [2.05, 4.69) is 10.2 Å². The Morgan fingerprint density at radius 2 is 1.96 bits per heavy atom. The molecule has 1 fully saturated rings. The predicted octanol–water partition coefficient (Wildman–Crippen LogP) is 2.75. The molecule has 3 rings (SSSR count). The zero-order valence-electron chi connectivity index (χ0n) is 16.1. The topological polar surface area (TPSA) is 88.0 Å². The molecule has 28 heavy (non-hydrogen) atoms. The molecule has 8 nitrogen and oxygen atoms in total. The van der Waals surface area contributed by atoms with E-state index in [1.807, 2.05) is 24.3 Å². The third kappa shape index (κ3) is 4.23. The fraction of sp³-hybridized carbons (Fsp3) is 0.350. The summed E-state index contributed by atoms with van der Waals surface area (Å²) in [6, 6.07) is 12.2. The van der Waals surface area contributed by atoms with E-state index in [1.165, 1.54) is 12.1 Å². The van der Waals surface area contributed by atoms with Gasteiger partial charge in [0.05, 0.1) is 23.7 Å². The first-order chi connectivity index (χ1) is 13.5. The number of nitrogens with zero attached hydrogens (tertiary/aromatic N) is 3. The molecule has 2 aromatic carbocycles. The van der Waals surface area contributed by atoms with Gasteiger partial charge in [-0.2, -0.15) is 0 Å². The number of hydrogen-bond acceptors (Lipinski definition) is 6. The molecule has 1 aliphatic rings. The van der Waals surface area contributed by atoms with E-state index in [4.69, 9.17) is 4.74 Å². The molecule has 0 aliphatic carbocycles. The number of anilines is 2. The standard InChI is InChI=1S/C20H24N4O4/c1-21-18-8-7-16(24(26)27)13-17(18)20(25)22(2)14-15-5-3-4-6-19(15)23-9-11-28-12-10-23/h3-8,13,21H,9-12,14H2,1-2H3. The van der Waals surface area contributed by atoms with Gasteiger partial charge >= 0.3 is 0 Å². The average Bonchev–Trinajstić information content (AvgIpc) is 2.73. The van der Waals surface area contributed by atoms with Crippen molar-refractivity contribution in [2.24, 2.45) is 0 Å². The van der Waals surface area contributed by atoms with Crippen LogP contribution in [0.5, 0.6) is 0 Å². The van der Waals surface area contributed by atoms with Gasteiger partial charge in [-0.1, -0.05) is 18.2 Å². The van der Waals surface area contributed by atoms with Crippen LogP contribution < -0.4 is 10.2 Å². The SMILES string of the molecule is CNc1ccc([N+](=O)[O-])cc1C(=O)N(C)Cc1ccccc1N1CCOCC1. The molecule has 148 valence electrons. The number of hydrogen-bond donors (Lipinski definition) is 1. The van der Waals surface area contributed by atoms with E-state index in [9.17, 15) is 14.9 Å². The lowest BCUT2D eigenvalue weighted by Crippen LogP contribution is -2.37. The molecule has 1 amide bonds. The smallest absolute Gasteiger partial charge is 0.270 e. The summed E-state index contributed by atoms with van der Waals surface area (Å²) in [5, 5.41) is 14.0. The average molecular weight is 384 g/mol. The summed E-state index contributed by atoms with van der Waals surface area (Å²) in [5.41, 5.74) is 2.84. The van der Waals surface area contributed by atoms with Crippen molar-refractivity contribution in [3.05, 3.63) is 63.7 Å². The molecule has 0 unspecified atom stereocenters. The van der Waals surface area contributed by atoms with Crippen LogP contribution in [-0.2, 0) is 11.3 Å². The second-order valence-electron chi connectivity index (χ2n) is 6.63. The largest absolute Gasteiger partial charge is 0.387 e. The fourth-order valence-electron chi connectivity index (χ4n) is 3.33. The van der Waals surface area contributed by atoms with Gasteiger partial charge in [-0.15, -0.1) is 0 Å². The van der Waals surface area contributed by atoms with E-state index in [1.54, 1.807) is 25.1 Å². The summed E-state index contributed by atoms with van der Waals surface area (Å²) in [5.74, 6) is -0.273. The number of nitrogens with one attached hydrogen (secondary N) is 1. The van der Waals surface area contributed by atoms with Gasteiger partial charge in [-0.05, 0) is 17.7 Å². The fourth-order valence-corrected chi connectivity index (χ4v) is 3.33. The van der Waals surface area contributed by atoms with Gasteiger partial charge in [0.15, 0.2) is 0 Å². The minimum atomic E-state index is -0.496. The number of para-hydroxylation sites is 1. The van der Waals surface area contributed by atoms with Gasteiger partial charge in [0.25, 0.3) is 11.6 Å². The van der Waals surface area contributed by atoms with Crippen molar-refractivity contribution in [1.29, 1.82) is 0 Å². The number of amides is 1. The van der Waals surface area contributed by atoms with Gasteiger partial charge in [0, 0.05) is 57.2 Å². The Kier molecular flexibility index (Phi) is 6.10. The highest BCUT2D eigenvalue weighted by atomic mass is 16.6. The van der Waals surface area contributed by atoms with Crippen molar-refractivity contribution in [2.45, 2.75) is 6.54 Å². The van der Waals surface area contributed by atoms with Crippen LogP contribution in [0.1, 0.15) is 15.9 Å². The molecule has 0 aromatic heterocycles. The normalized spacial score (nSPS) is 13.9. The van der Waals surface area contributed by atoms with Crippen molar-refractivity contribution < 1.29 is 14.5 Å². The van der Waals surface area contributed by atoms with Gasteiger partial charge < -0.3 is 19.9 Å². The van der Waals surface area contributed by atoms with Gasteiger partial charge in [0.1, 0.15) is 0 Å². The van der Waals surface area contributed by atoms with E-state index < -0.39 is 4.92 Å². The zero-order chi connectivity index (χ0) is 20.1. The maximum absolute atomic E-state index is 13.0. The highest BCUT2D eigenvalue weighted by Gasteiger charge is 2.21. The van der Waals surface area contributed by atoms with Crippen LogP contribution in [0.2, 0.25) is 0 Å². The number of ether oxygens (including phenoxy) is 1. The molecule has 0 radical (unpaired) electrons. The van der Waals surface area contributed by atoms with Crippen LogP contribution in [0.25, 0.3) is 0 Å². The highest BCUT2D eigenvalue weighted by Crippen LogP contribution is 2.26. The first-order valence-corrected chi connectivity index (χ1v) is 9.13. The number of morpholine rings is 1. The first kappa shape index (κ1) is 19.6. The number of carbonyl (C=O) groups excluding carboxylic acids is 1. The minimum Gasteiger partial charge on any atom is -0.387 e. The summed E-state index contributed by atoms with van der Waals surface area (Å²) >= 11 is 0. The minimum absolute atomic E-state index is 0.107. The molecular formula is C20H24N4O4. The molecule has 1 N–H and O–H groups in total. The van der Waals surface area contributed by atoms with Gasteiger partial charge in [-0.3, -0.25) is 14.9 Å². The van der Waals surface area contributed by atoms with Crippen LogP contribution in [-0.4, -0.2) is 56.1 Å². The van der Waals surface area contributed by atoms with Crippen LogP contribution in [0.15, 0.2) is 42.5 Å². The molecule has 1 heterocycles. The number of carbonyl (C=O) groups is 1. The van der Waals surface area contributed by atoms with E-state index >= 15 is 0 Å². The monoisotopic (exact) mass is 384 g/mol. The quantitative estimate of drug-likeness (QED) is 0.609. The summed E-state index contributed by atoms with van der Waals surface area (Å²) in [6.07, 6.45) is 0. The number of rotatable bonds is 6. The van der Waals surface area contributed by atoms with Crippen molar-refractivity contribution in [2.75, 3.05) is 50.6 Å². The lowest BCUT2D eigenvalue weighted by atomic mass is 10.1. The van der Waals surface area contributed by atoms with E-state index in [-0.39, 0.29) is 17.2 Å². The van der Waals surface area contributed by atoms with Crippen molar-refractivity contribution in [3.8, 4) is 0 Å². The maximum atomic E-state index is 13.0. The van der Waals surface area contributed by atoms with Crippen molar-refractivity contribution in [1.82, 2.24) is 4.90 Å². The van der Waals surface area contributed by atoms with Gasteiger partial charge in [-0.25, -0.2) is 0 Å². The third-order valence-electron chi connectivity index (χ3n) is 4.81. The number of benzene rings is 2. The summed E-state index contributed by atoms with van der Waals surface area (Å²) in [6.45, 7) is 3.38. The van der Waals surface area contributed by atoms with Crippen LogP contribution in [0.4, 0.5) is 17.1 Å². The first-order valence-electron chi connectivity index (χ1n) is 9.13. The molecule has 1 aliphatic heterocycles. The van der Waals surface area contributed by atoms with E-state index in [0.29, 0.717) is 25.4 Å². The number of nitro benzene ring substituents is 1. The molecule has 1 saturated heterocycles. The molecule has 0 saturated carbocycles. The Hall–Kier alpha value is -3.13. The summed E-state index contributed by atoms with van der Waals surface area (Å²) < 4.78 is 5.43. The molecule has 0 bridgehead atoms. The Morgan fingerprint density at radius 3 is 2.64 bits per heavy atom. The predicted molar refractivity (Wildman–Crippen MR) is 108 cm³/mol. The summed E-state index contributed by atoms with van der Waals surface area (Å²) in [4.78, 5) is 27.5. The third-order valence-corrected chi connectivity index (χ3v) is 4.81. The van der Waals surface area contributed by atoms with Crippen LogP contribution in [0.3, 0.4) is 0 Å². The maximum Gasteiger partial charge on any atom is 0.270 e. The van der Waals surface area contributed by atoms with Gasteiger partial charge in [0.2, 0.25) is 0 Å². The lowest BCUT2D eigenvalue weighted by molar-refractivity contribution is -0.384. The molecule has 8 heteroatoms. The Balaban J connectivity index is 1.84. The lowest BCUT2D eigenvalue weighted by Gasteiger charge is -2.31. The number of nitro groups is 1. The van der Waals surface area contributed by atoms with Crippen molar-refractivity contribution in [3.63, 3.8) is 0 Å². The Bertz CT molecular complexity index is 865. The molecule has 0 spiro atoms. The highest BCUT2D eigenvalue weighted by molar-refractivity contribution is 6.00. The van der Waals surface area contributed by atoms with Crippen LogP contribution in [0, 0.1) is 10.1 Å². The Morgan fingerprint density at radius 1 is 1.25 bits per heavy atom. The second-order valence-corrected chi connectivity index (χ2v) is 6.63. The van der Waals surface area contributed by atoms with E-state index in [0.717, 1.165) is 24.3 Å². The summed E-state index contributed by atoms with van der Waals surface area (Å²) in [7, 11) is 3.39. The van der Waals surface area contributed by atoms with Crippen molar-refractivity contribution >= 4 is 23.0 Å². The molecular weight excluding hydrogens is 360 g/mol.